The number of ether oxygens (including phenoxy) is 1. The minimum absolute atomic E-state index is 0.0752. The molecule has 1 unspecified atom stereocenters. The van der Waals surface area contributed by atoms with E-state index in [1.54, 1.807) is 4.90 Å². The molecule has 0 bridgehead atoms. The molecule has 0 fully saturated rings. The Bertz CT molecular complexity index is 624. The highest BCUT2D eigenvalue weighted by atomic mass is 32.2. The van der Waals surface area contributed by atoms with Crippen molar-refractivity contribution >= 4 is 15.7 Å². The van der Waals surface area contributed by atoms with Crippen LogP contribution in [-0.2, 0) is 10.0 Å². The topological polar surface area (TPSA) is 113 Å². The fraction of sp³-hybridized carbons (Fsp3) is 0.385. The summed E-state index contributed by atoms with van der Waals surface area (Å²) in [5.74, 6) is 2.68. The van der Waals surface area contributed by atoms with Crippen molar-refractivity contribution < 1.29 is 23.4 Å². The summed E-state index contributed by atoms with van der Waals surface area (Å²) in [6.07, 6.45) is 4.30. The monoisotopic (exact) mass is 314 g/mol. The molecule has 0 aliphatic rings. The predicted octanol–water partition coefficient (Wildman–Crippen LogP) is -0.865. The van der Waals surface area contributed by atoms with Gasteiger partial charge in [0.15, 0.2) is 0 Å². The molecular weight excluding hydrogens is 296 g/mol. The smallest absolute Gasteiger partial charge is 0.238 e. The lowest BCUT2D eigenvalue weighted by molar-refractivity contribution is 0.100. The second kappa shape index (κ2) is 7.28. The van der Waals surface area contributed by atoms with Crippen LogP contribution in [0, 0.1) is 12.3 Å². The number of aliphatic hydroxyl groups excluding tert-OH is 2. The molecule has 0 aromatic heterocycles. The van der Waals surface area contributed by atoms with Gasteiger partial charge in [-0.1, -0.05) is 5.92 Å². The summed E-state index contributed by atoms with van der Waals surface area (Å²) in [7, 11) is -2.47. The van der Waals surface area contributed by atoms with Crippen LogP contribution in [0.2, 0.25) is 0 Å². The molecule has 1 rings (SSSR count). The second-order valence-corrected chi connectivity index (χ2v) is 5.86. The molecule has 1 aromatic carbocycles. The summed E-state index contributed by atoms with van der Waals surface area (Å²) in [5, 5.41) is 23.5. The Hall–Kier alpha value is -1.79. The summed E-state index contributed by atoms with van der Waals surface area (Å²) in [6, 6.07) is 4.08. The van der Waals surface area contributed by atoms with Gasteiger partial charge in [-0.2, -0.15) is 0 Å². The molecule has 0 amide bonds. The van der Waals surface area contributed by atoms with E-state index in [1.807, 2.05) is 0 Å². The minimum Gasteiger partial charge on any atom is -0.495 e. The van der Waals surface area contributed by atoms with Crippen molar-refractivity contribution in [3.63, 3.8) is 0 Å². The number of anilines is 1. The zero-order valence-electron chi connectivity index (χ0n) is 11.6. The number of aliphatic hydroxyl groups is 2. The number of terminal acetylenes is 1. The molecule has 0 aliphatic heterocycles. The summed E-state index contributed by atoms with van der Waals surface area (Å²) >= 11 is 0. The van der Waals surface area contributed by atoms with Gasteiger partial charge < -0.3 is 19.8 Å². The summed E-state index contributed by atoms with van der Waals surface area (Å²) in [6.45, 7) is -0.188. The van der Waals surface area contributed by atoms with Crippen molar-refractivity contribution in [3.05, 3.63) is 18.2 Å². The van der Waals surface area contributed by atoms with Crippen LogP contribution >= 0.6 is 0 Å². The van der Waals surface area contributed by atoms with Crippen LogP contribution < -0.4 is 14.8 Å². The van der Waals surface area contributed by atoms with Gasteiger partial charge in [-0.15, -0.1) is 6.42 Å². The van der Waals surface area contributed by atoms with Crippen molar-refractivity contribution in [1.29, 1.82) is 0 Å². The standard InChI is InChI=1S/C13H18N2O5S/c1-3-6-15(8-10(17)9-16)12-5-4-11(21(14,18)19)7-13(12)20-2/h1,4-5,7,10,16-17H,6,8-9H2,2H3,(H2,14,18,19). The van der Waals surface area contributed by atoms with Crippen molar-refractivity contribution in [2.24, 2.45) is 5.14 Å². The molecule has 1 atom stereocenters. The molecule has 7 nitrogen and oxygen atoms in total. The molecule has 0 saturated heterocycles. The van der Waals surface area contributed by atoms with Gasteiger partial charge in [0.1, 0.15) is 5.75 Å². The first-order chi connectivity index (χ1) is 9.83. The predicted molar refractivity (Wildman–Crippen MR) is 78.5 cm³/mol. The van der Waals surface area contributed by atoms with Crippen molar-refractivity contribution in [2.45, 2.75) is 11.0 Å². The lowest BCUT2D eigenvalue weighted by Crippen LogP contribution is -2.35. The molecule has 0 heterocycles. The van der Waals surface area contributed by atoms with Crippen LogP contribution in [0.1, 0.15) is 0 Å². The average molecular weight is 314 g/mol. The maximum Gasteiger partial charge on any atom is 0.238 e. The van der Waals surface area contributed by atoms with Crippen LogP contribution in [0.5, 0.6) is 5.75 Å². The maximum absolute atomic E-state index is 11.3. The Balaban J connectivity index is 3.22. The van der Waals surface area contributed by atoms with Gasteiger partial charge >= 0.3 is 0 Å². The number of hydrogen-bond acceptors (Lipinski definition) is 6. The first-order valence-corrected chi connectivity index (χ1v) is 7.56. The zero-order chi connectivity index (χ0) is 16.0. The number of nitrogens with zero attached hydrogens (tertiary/aromatic N) is 1. The van der Waals surface area contributed by atoms with E-state index in [-0.39, 0.29) is 23.7 Å². The van der Waals surface area contributed by atoms with Gasteiger partial charge in [0.2, 0.25) is 10.0 Å². The largest absolute Gasteiger partial charge is 0.495 e. The third kappa shape index (κ3) is 4.61. The highest BCUT2D eigenvalue weighted by molar-refractivity contribution is 7.89. The number of hydrogen-bond donors (Lipinski definition) is 3. The van der Waals surface area contributed by atoms with E-state index in [1.165, 1.54) is 25.3 Å². The van der Waals surface area contributed by atoms with Crippen molar-refractivity contribution in [3.8, 4) is 18.1 Å². The van der Waals surface area contributed by atoms with Gasteiger partial charge in [0.05, 0.1) is 36.9 Å². The molecule has 21 heavy (non-hydrogen) atoms. The van der Waals surface area contributed by atoms with E-state index in [2.05, 4.69) is 5.92 Å². The summed E-state index contributed by atoms with van der Waals surface area (Å²) < 4.78 is 27.8. The first-order valence-electron chi connectivity index (χ1n) is 6.01. The van der Waals surface area contributed by atoms with Crippen LogP contribution in [0.3, 0.4) is 0 Å². The van der Waals surface area contributed by atoms with Crippen molar-refractivity contribution in [1.82, 2.24) is 0 Å². The quantitative estimate of drug-likeness (QED) is 0.564. The van der Waals surface area contributed by atoms with E-state index < -0.39 is 22.7 Å². The minimum atomic E-state index is -3.85. The molecule has 1 aromatic rings. The average Bonchev–Trinajstić information content (AvgIpc) is 2.45. The molecule has 116 valence electrons. The van der Waals surface area contributed by atoms with E-state index >= 15 is 0 Å². The maximum atomic E-state index is 11.3. The molecule has 8 heteroatoms. The van der Waals surface area contributed by atoms with Crippen LogP contribution in [0.15, 0.2) is 23.1 Å². The second-order valence-electron chi connectivity index (χ2n) is 4.30. The fourth-order valence-corrected chi connectivity index (χ4v) is 2.30. The number of methoxy groups -OCH3 is 1. The van der Waals surface area contributed by atoms with Crippen LogP contribution in [0.4, 0.5) is 5.69 Å². The molecule has 0 saturated carbocycles. The number of primary sulfonamides is 1. The Labute approximate surface area is 124 Å². The Morgan fingerprint density at radius 3 is 2.67 bits per heavy atom. The third-order valence-corrected chi connectivity index (χ3v) is 3.66. The number of nitrogens with two attached hydrogens (primary N) is 1. The Morgan fingerprint density at radius 1 is 1.52 bits per heavy atom. The van der Waals surface area contributed by atoms with Gasteiger partial charge in [-0.05, 0) is 12.1 Å². The van der Waals surface area contributed by atoms with Crippen LogP contribution in [-0.4, -0.2) is 51.5 Å². The van der Waals surface area contributed by atoms with Gasteiger partial charge in [-0.3, -0.25) is 0 Å². The first kappa shape index (κ1) is 17.3. The van der Waals surface area contributed by atoms with Gasteiger partial charge in [0.25, 0.3) is 0 Å². The van der Waals surface area contributed by atoms with E-state index in [0.29, 0.717) is 5.69 Å². The van der Waals surface area contributed by atoms with Crippen molar-refractivity contribution in [2.75, 3.05) is 31.7 Å². The van der Waals surface area contributed by atoms with Gasteiger partial charge in [-0.25, -0.2) is 13.6 Å². The fourth-order valence-electron chi connectivity index (χ4n) is 1.77. The third-order valence-electron chi connectivity index (χ3n) is 2.74. The number of rotatable bonds is 7. The molecular formula is C13H18N2O5S. The van der Waals surface area contributed by atoms with E-state index in [9.17, 15) is 13.5 Å². The van der Waals surface area contributed by atoms with Crippen LogP contribution in [0.25, 0.3) is 0 Å². The summed E-state index contributed by atoms with van der Waals surface area (Å²) in [4.78, 5) is 1.50. The number of sulfonamides is 1. The normalized spacial score (nSPS) is 12.5. The van der Waals surface area contributed by atoms with E-state index in [0.717, 1.165) is 0 Å². The lowest BCUT2D eigenvalue weighted by Gasteiger charge is -2.26. The molecule has 4 N–H and O–H groups in total. The SMILES string of the molecule is C#CCN(CC(O)CO)c1ccc(S(N)(=O)=O)cc1OC. The van der Waals surface area contributed by atoms with Gasteiger partial charge in [0, 0.05) is 12.6 Å². The number of benzene rings is 1. The molecule has 0 spiro atoms. The lowest BCUT2D eigenvalue weighted by atomic mass is 10.2. The Kier molecular flexibility index (Phi) is 5.99. The molecule has 0 aliphatic carbocycles. The highest BCUT2D eigenvalue weighted by Crippen LogP contribution is 2.30. The zero-order valence-corrected chi connectivity index (χ0v) is 12.4. The Morgan fingerprint density at radius 2 is 2.19 bits per heavy atom. The summed E-state index contributed by atoms with van der Waals surface area (Å²) in [5.41, 5.74) is 0.496. The van der Waals surface area contributed by atoms with E-state index in [4.69, 9.17) is 21.4 Å². The highest BCUT2D eigenvalue weighted by Gasteiger charge is 2.18. The molecule has 0 radical (unpaired) electrons.